The van der Waals surface area contributed by atoms with E-state index in [1.165, 1.54) is 12.8 Å². The van der Waals surface area contributed by atoms with Crippen LogP contribution >= 0.6 is 0 Å². The maximum Gasteiger partial charge on any atom is 0.240 e. The van der Waals surface area contributed by atoms with Gasteiger partial charge in [0.05, 0.1) is 22.4 Å². The molecule has 3 heterocycles. The number of benzene rings is 3. The molecule has 2 N–H and O–H groups in total. The number of rotatable bonds is 6. The number of tetrazole rings is 1. The van der Waals surface area contributed by atoms with Crippen molar-refractivity contribution in [1.29, 1.82) is 0 Å². The number of fused-ring (bicyclic) bond motifs is 1. The van der Waals surface area contributed by atoms with Gasteiger partial charge in [-0.15, -0.1) is 10.2 Å². The first-order chi connectivity index (χ1) is 19.1. The molecule has 0 bridgehead atoms. The largest absolute Gasteiger partial charge is 0.296 e. The van der Waals surface area contributed by atoms with Crippen LogP contribution in [0, 0.1) is 18.8 Å². The Morgan fingerprint density at radius 3 is 2.46 bits per heavy atom. The number of aryl methyl sites for hydroxylation is 1. The lowest BCUT2D eigenvalue weighted by Gasteiger charge is -2.21. The zero-order valence-corrected chi connectivity index (χ0v) is 21.8. The van der Waals surface area contributed by atoms with Gasteiger partial charge < -0.3 is 0 Å². The fraction of sp³-hybridized carbons (Fsp3) is 0.267. The average Bonchev–Trinajstić information content (AvgIpc) is 3.44. The summed E-state index contributed by atoms with van der Waals surface area (Å²) in [5, 5.41) is 19.3. The molecule has 9 nitrogen and oxygen atoms in total. The fourth-order valence-electron chi connectivity index (χ4n) is 5.65. The van der Waals surface area contributed by atoms with Crippen molar-refractivity contribution in [3.8, 4) is 28.2 Å². The van der Waals surface area contributed by atoms with E-state index in [0.29, 0.717) is 18.2 Å². The topological polar surface area (TPSA) is 114 Å². The number of imidazole rings is 1. The third-order valence-corrected chi connectivity index (χ3v) is 7.80. The average molecular weight is 517 g/mol. The van der Waals surface area contributed by atoms with Gasteiger partial charge in [-0.25, -0.2) is 10.4 Å². The summed E-state index contributed by atoms with van der Waals surface area (Å²) in [6, 6.07) is 20.9. The number of carbonyl (C=O) groups is 1. The third-order valence-electron chi connectivity index (χ3n) is 7.80. The van der Waals surface area contributed by atoms with E-state index in [1.807, 2.05) is 18.2 Å². The van der Waals surface area contributed by atoms with E-state index in [1.54, 1.807) is 0 Å². The summed E-state index contributed by atoms with van der Waals surface area (Å²) in [7, 11) is 0. The van der Waals surface area contributed by atoms with Crippen LogP contribution in [0.2, 0.25) is 0 Å². The number of hydrogen-bond acceptors (Lipinski definition) is 6. The van der Waals surface area contributed by atoms with E-state index in [-0.39, 0.29) is 11.8 Å². The molecule has 1 aliphatic heterocycles. The van der Waals surface area contributed by atoms with Crippen molar-refractivity contribution >= 4 is 22.7 Å². The number of H-pyrrole nitrogens is 1. The lowest BCUT2D eigenvalue weighted by atomic mass is 9.91. The van der Waals surface area contributed by atoms with E-state index in [2.05, 4.69) is 92.0 Å². The normalized spacial score (nSPS) is 17.3. The van der Waals surface area contributed by atoms with Crippen LogP contribution < -0.4 is 5.43 Å². The summed E-state index contributed by atoms with van der Waals surface area (Å²) in [4.78, 5) is 17.1. The minimum absolute atomic E-state index is 0.0429. The summed E-state index contributed by atoms with van der Waals surface area (Å²) in [5.41, 5.74) is 11.8. The molecule has 0 saturated heterocycles. The van der Waals surface area contributed by atoms with Crippen molar-refractivity contribution in [1.82, 2.24) is 35.6 Å². The van der Waals surface area contributed by atoms with Gasteiger partial charge >= 0.3 is 0 Å². The smallest absolute Gasteiger partial charge is 0.240 e. The molecule has 194 valence electrons. The van der Waals surface area contributed by atoms with Gasteiger partial charge in [0.25, 0.3) is 0 Å². The molecule has 1 fully saturated rings. The van der Waals surface area contributed by atoms with Crippen LogP contribution in [0.15, 0.2) is 65.8 Å². The van der Waals surface area contributed by atoms with Gasteiger partial charge in [0.15, 0.2) is 0 Å². The molecular weight excluding hydrogens is 488 g/mol. The summed E-state index contributed by atoms with van der Waals surface area (Å²) in [6.45, 7) is 4.16. The molecule has 1 atom stereocenters. The molecule has 2 aliphatic rings. The minimum Gasteiger partial charge on any atom is -0.296 e. The second kappa shape index (κ2) is 9.27. The molecule has 0 radical (unpaired) electrons. The number of aromatic amines is 1. The molecule has 5 aromatic rings. The number of amides is 1. The van der Waals surface area contributed by atoms with Crippen LogP contribution in [0.25, 0.3) is 39.2 Å². The molecule has 1 unspecified atom stereocenters. The Morgan fingerprint density at radius 1 is 0.949 bits per heavy atom. The van der Waals surface area contributed by atoms with E-state index >= 15 is 0 Å². The van der Waals surface area contributed by atoms with E-state index < -0.39 is 0 Å². The molecule has 1 amide bonds. The lowest BCUT2D eigenvalue weighted by Crippen LogP contribution is -2.32. The highest BCUT2D eigenvalue weighted by Gasteiger charge is 2.28. The highest BCUT2D eigenvalue weighted by molar-refractivity contribution is 6.09. The standard InChI is InChI=1S/C30H28N8O/c1-17-15-27(39)32-33-28(17)20-13-14-25-29(18(20)2)31-26(16-19-11-12-19)38(25)24-10-6-5-8-22(24)21-7-3-4-9-23(21)30-34-36-37-35-30/h3-10,13-14,17,19H,11-12,15-16H2,1-2H3,(H,32,39)(H,34,35,36,37). The van der Waals surface area contributed by atoms with Crippen LogP contribution in [0.3, 0.4) is 0 Å². The molecule has 1 saturated carbocycles. The highest BCUT2D eigenvalue weighted by atomic mass is 16.2. The monoisotopic (exact) mass is 516 g/mol. The third kappa shape index (κ3) is 4.10. The number of nitrogens with one attached hydrogen (secondary N) is 2. The Hall–Kier alpha value is -4.66. The van der Waals surface area contributed by atoms with Crippen LogP contribution in [0.1, 0.15) is 43.1 Å². The number of carbonyl (C=O) groups excluding carboxylic acids is 1. The SMILES string of the molecule is Cc1c(C2=NNC(=O)CC2C)ccc2c1nc(CC1CC1)n2-c1ccccc1-c1ccccc1-c1nn[nH]n1. The van der Waals surface area contributed by atoms with E-state index in [0.717, 1.165) is 62.5 Å². The van der Waals surface area contributed by atoms with Crippen molar-refractivity contribution in [2.75, 3.05) is 0 Å². The number of aromatic nitrogens is 6. The first-order valence-corrected chi connectivity index (χ1v) is 13.4. The zero-order chi connectivity index (χ0) is 26.5. The maximum absolute atomic E-state index is 11.9. The van der Waals surface area contributed by atoms with Crippen LogP contribution in [-0.4, -0.2) is 41.8 Å². The number of para-hydroxylation sites is 1. The lowest BCUT2D eigenvalue weighted by molar-refractivity contribution is -0.121. The van der Waals surface area contributed by atoms with E-state index in [4.69, 9.17) is 4.98 Å². The number of hydrazone groups is 1. The van der Waals surface area contributed by atoms with Crippen molar-refractivity contribution in [2.45, 2.75) is 39.5 Å². The van der Waals surface area contributed by atoms with Crippen LogP contribution in [0.5, 0.6) is 0 Å². The van der Waals surface area contributed by atoms with Gasteiger partial charge in [-0.3, -0.25) is 9.36 Å². The predicted octanol–water partition coefficient (Wildman–Crippen LogP) is 4.99. The van der Waals surface area contributed by atoms with Crippen molar-refractivity contribution in [2.24, 2.45) is 16.9 Å². The van der Waals surface area contributed by atoms with Crippen LogP contribution in [-0.2, 0) is 11.2 Å². The van der Waals surface area contributed by atoms with E-state index in [9.17, 15) is 4.79 Å². The Balaban J connectivity index is 1.43. The Morgan fingerprint density at radius 2 is 1.72 bits per heavy atom. The van der Waals surface area contributed by atoms with Gasteiger partial charge in [-0.05, 0) is 54.2 Å². The summed E-state index contributed by atoms with van der Waals surface area (Å²) in [5.74, 6) is 2.29. The minimum atomic E-state index is -0.0429. The second-order valence-corrected chi connectivity index (χ2v) is 10.6. The first kappa shape index (κ1) is 23.5. The Kier molecular flexibility index (Phi) is 5.57. The zero-order valence-electron chi connectivity index (χ0n) is 21.8. The molecule has 1 aliphatic carbocycles. The predicted molar refractivity (Wildman–Crippen MR) is 149 cm³/mol. The molecule has 39 heavy (non-hydrogen) atoms. The fourth-order valence-corrected chi connectivity index (χ4v) is 5.65. The Bertz CT molecular complexity index is 1750. The molecule has 0 spiro atoms. The summed E-state index contributed by atoms with van der Waals surface area (Å²) < 4.78 is 2.32. The molecular formula is C30H28N8O. The first-order valence-electron chi connectivity index (χ1n) is 13.4. The second-order valence-electron chi connectivity index (χ2n) is 10.6. The van der Waals surface area contributed by atoms with Crippen molar-refractivity contribution in [3.05, 3.63) is 77.6 Å². The molecule has 7 rings (SSSR count). The van der Waals surface area contributed by atoms with Crippen molar-refractivity contribution < 1.29 is 4.79 Å². The van der Waals surface area contributed by atoms with Gasteiger partial charge in [-0.1, -0.05) is 55.5 Å². The molecule has 2 aromatic heterocycles. The Labute approximate surface area is 225 Å². The number of hydrogen-bond donors (Lipinski definition) is 2. The quantitative estimate of drug-likeness (QED) is 0.330. The van der Waals surface area contributed by atoms with Crippen molar-refractivity contribution in [3.63, 3.8) is 0 Å². The highest BCUT2D eigenvalue weighted by Crippen LogP contribution is 2.39. The molecule has 9 heteroatoms. The summed E-state index contributed by atoms with van der Waals surface area (Å²) in [6.07, 6.45) is 3.84. The maximum atomic E-state index is 11.9. The van der Waals surface area contributed by atoms with Gasteiger partial charge in [0, 0.05) is 35.4 Å². The summed E-state index contributed by atoms with van der Waals surface area (Å²) >= 11 is 0. The van der Waals surface area contributed by atoms with Crippen LogP contribution in [0.4, 0.5) is 0 Å². The number of nitrogens with zero attached hydrogens (tertiary/aromatic N) is 6. The van der Waals surface area contributed by atoms with Gasteiger partial charge in [0.1, 0.15) is 5.82 Å². The molecule has 3 aromatic carbocycles. The van der Waals surface area contributed by atoms with Gasteiger partial charge in [0.2, 0.25) is 11.7 Å². The van der Waals surface area contributed by atoms with Gasteiger partial charge in [-0.2, -0.15) is 10.3 Å².